The third-order valence-electron chi connectivity index (χ3n) is 6.47. The monoisotopic (exact) mass is 501 g/mol. The molecule has 0 saturated heterocycles. The van der Waals surface area contributed by atoms with Crippen molar-refractivity contribution in [3.05, 3.63) is 95.6 Å². The van der Waals surface area contributed by atoms with Crippen LogP contribution in [-0.4, -0.2) is 60.3 Å². The first-order valence-corrected chi connectivity index (χ1v) is 12.2. The first kappa shape index (κ1) is 25.9. The second-order valence-corrected chi connectivity index (χ2v) is 9.27. The molecule has 0 spiro atoms. The minimum absolute atomic E-state index is 0.111. The number of carboxylic acids is 1. The Morgan fingerprint density at radius 2 is 1.46 bits per heavy atom. The molecule has 192 valence electrons. The van der Waals surface area contributed by atoms with E-state index in [2.05, 4.69) is 22.8 Å². The number of rotatable bonds is 10. The van der Waals surface area contributed by atoms with E-state index in [1.165, 1.54) is 6.92 Å². The summed E-state index contributed by atoms with van der Waals surface area (Å²) in [4.78, 5) is 38.9. The van der Waals surface area contributed by atoms with Crippen molar-refractivity contribution in [2.45, 2.75) is 31.5 Å². The van der Waals surface area contributed by atoms with Gasteiger partial charge in [0.25, 0.3) is 0 Å². The highest BCUT2D eigenvalue weighted by Crippen LogP contribution is 2.44. The fourth-order valence-electron chi connectivity index (χ4n) is 4.62. The zero-order valence-corrected chi connectivity index (χ0v) is 20.9. The topological polar surface area (TPSA) is 108 Å². The number of benzene rings is 3. The molecule has 0 fully saturated rings. The summed E-state index contributed by atoms with van der Waals surface area (Å²) in [5.41, 5.74) is 5.46. The van der Waals surface area contributed by atoms with Gasteiger partial charge in [0.2, 0.25) is 5.91 Å². The Labute approximate surface area is 216 Å². The number of carbonyl (C=O) groups excluding carboxylic acids is 2. The highest BCUT2D eigenvalue weighted by molar-refractivity contribution is 5.89. The first-order chi connectivity index (χ1) is 17.8. The highest BCUT2D eigenvalue weighted by atomic mass is 16.5. The molecule has 8 heteroatoms. The number of hydrogen-bond acceptors (Lipinski definition) is 5. The number of amides is 2. The summed E-state index contributed by atoms with van der Waals surface area (Å²) < 4.78 is 5.61. The molecule has 2 atom stereocenters. The molecule has 0 heterocycles. The molecule has 3 N–H and O–H groups in total. The van der Waals surface area contributed by atoms with E-state index in [-0.39, 0.29) is 19.1 Å². The van der Waals surface area contributed by atoms with Crippen LogP contribution in [-0.2, 0) is 20.9 Å². The second-order valence-electron chi connectivity index (χ2n) is 9.27. The van der Waals surface area contributed by atoms with Crippen LogP contribution in [0.25, 0.3) is 11.1 Å². The maximum Gasteiger partial charge on any atom is 0.407 e. The van der Waals surface area contributed by atoms with Gasteiger partial charge in [0, 0.05) is 19.0 Å². The second kappa shape index (κ2) is 11.7. The number of carbonyl (C=O) groups is 3. The van der Waals surface area contributed by atoms with Crippen LogP contribution in [0, 0.1) is 0 Å². The number of ether oxygens (including phenoxy) is 1. The van der Waals surface area contributed by atoms with Crippen LogP contribution >= 0.6 is 0 Å². The van der Waals surface area contributed by atoms with E-state index in [0.717, 1.165) is 27.8 Å². The molecule has 2 amide bonds. The number of fused-ring (bicyclic) bond motifs is 3. The molecule has 3 aromatic carbocycles. The highest BCUT2D eigenvalue weighted by Gasteiger charge is 2.30. The summed E-state index contributed by atoms with van der Waals surface area (Å²) in [6, 6.07) is 23.7. The van der Waals surface area contributed by atoms with Crippen molar-refractivity contribution >= 4 is 18.0 Å². The van der Waals surface area contributed by atoms with Crippen molar-refractivity contribution in [2.24, 2.45) is 0 Å². The fraction of sp³-hybridized carbons (Fsp3) is 0.276. The zero-order valence-electron chi connectivity index (χ0n) is 20.9. The molecule has 0 saturated carbocycles. The van der Waals surface area contributed by atoms with Gasteiger partial charge >= 0.3 is 12.1 Å². The minimum Gasteiger partial charge on any atom is -0.480 e. The molecule has 4 rings (SSSR count). The van der Waals surface area contributed by atoms with Crippen molar-refractivity contribution in [1.82, 2.24) is 15.5 Å². The van der Waals surface area contributed by atoms with Crippen LogP contribution in [0.3, 0.4) is 0 Å². The molecule has 0 bridgehead atoms. The third-order valence-corrected chi connectivity index (χ3v) is 6.47. The minimum atomic E-state index is -1.16. The average molecular weight is 502 g/mol. The summed E-state index contributed by atoms with van der Waals surface area (Å²) in [6.07, 6.45) is -0.738. The predicted molar refractivity (Wildman–Crippen MR) is 140 cm³/mol. The molecule has 0 aliphatic heterocycles. The van der Waals surface area contributed by atoms with Gasteiger partial charge in [-0.1, -0.05) is 78.9 Å². The normalized spacial score (nSPS) is 13.8. The molecule has 1 aliphatic carbocycles. The molecule has 0 radical (unpaired) electrons. The number of nitrogens with one attached hydrogen (secondary N) is 2. The summed E-state index contributed by atoms with van der Waals surface area (Å²) in [5, 5.41) is 14.3. The van der Waals surface area contributed by atoms with E-state index in [4.69, 9.17) is 4.74 Å². The Morgan fingerprint density at radius 1 is 0.892 bits per heavy atom. The SMILES string of the molecule is CC(NC(=O)C(CN(C)Cc1ccccc1)NC(=O)OCC1c2ccccc2-c2ccccc21)C(=O)O. The van der Waals surface area contributed by atoms with Crippen LogP contribution < -0.4 is 10.6 Å². The molecule has 37 heavy (non-hydrogen) atoms. The summed E-state index contributed by atoms with van der Waals surface area (Å²) in [6.45, 7) is 2.20. The van der Waals surface area contributed by atoms with Gasteiger partial charge in [0.15, 0.2) is 0 Å². The van der Waals surface area contributed by atoms with E-state index < -0.39 is 30.1 Å². The summed E-state index contributed by atoms with van der Waals surface area (Å²) >= 11 is 0. The smallest absolute Gasteiger partial charge is 0.407 e. The molecule has 0 aromatic heterocycles. The maximum absolute atomic E-state index is 12.9. The predicted octanol–water partition coefficient (Wildman–Crippen LogP) is 3.62. The Bertz CT molecular complexity index is 1220. The molecule has 1 aliphatic rings. The van der Waals surface area contributed by atoms with E-state index in [1.807, 2.05) is 78.7 Å². The van der Waals surface area contributed by atoms with Crippen molar-refractivity contribution in [3.8, 4) is 11.1 Å². The third kappa shape index (κ3) is 6.34. The van der Waals surface area contributed by atoms with E-state index in [0.29, 0.717) is 6.54 Å². The summed E-state index contributed by atoms with van der Waals surface area (Å²) in [5.74, 6) is -1.87. The maximum atomic E-state index is 12.9. The lowest BCUT2D eigenvalue weighted by atomic mass is 9.98. The number of aliphatic carboxylic acids is 1. The fourth-order valence-corrected chi connectivity index (χ4v) is 4.62. The van der Waals surface area contributed by atoms with Crippen LogP contribution in [0.5, 0.6) is 0 Å². The van der Waals surface area contributed by atoms with Gasteiger partial charge < -0.3 is 20.5 Å². The lowest BCUT2D eigenvalue weighted by molar-refractivity contribution is -0.141. The quantitative estimate of drug-likeness (QED) is 0.392. The molecule has 3 aromatic rings. The summed E-state index contributed by atoms with van der Waals surface area (Å²) in [7, 11) is 1.83. The Balaban J connectivity index is 1.43. The Morgan fingerprint density at radius 3 is 2.05 bits per heavy atom. The zero-order chi connectivity index (χ0) is 26.4. The van der Waals surface area contributed by atoms with E-state index >= 15 is 0 Å². The van der Waals surface area contributed by atoms with Gasteiger partial charge in [0.05, 0.1) is 0 Å². The van der Waals surface area contributed by atoms with Gasteiger partial charge in [-0.05, 0) is 41.8 Å². The largest absolute Gasteiger partial charge is 0.480 e. The first-order valence-electron chi connectivity index (χ1n) is 12.2. The number of nitrogens with zero attached hydrogens (tertiary/aromatic N) is 1. The van der Waals surface area contributed by atoms with Crippen molar-refractivity contribution in [1.29, 1.82) is 0 Å². The van der Waals surface area contributed by atoms with Crippen LogP contribution in [0.4, 0.5) is 4.79 Å². The number of likely N-dealkylation sites (N-methyl/N-ethyl adjacent to an activating group) is 1. The van der Waals surface area contributed by atoms with Gasteiger partial charge in [0.1, 0.15) is 18.7 Å². The molecular formula is C29H31N3O5. The Hall–Kier alpha value is -4.17. The van der Waals surface area contributed by atoms with E-state index in [9.17, 15) is 19.5 Å². The van der Waals surface area contributed by atoms with Crippen molar-refractivity contribution < 1.29 is 24.2 Å². The van der Waals surface area contributed by atoms with E-state index in [1.54, 1.807) is 0 Å². The lowest BCUT2D eigenvalue weighted by Crippen LogP contribution is -2.54. The Kier molecular flexibility index (Phi) is 8.20. The lowest BCUT2D eigenvalue weighted by Gasteiger charge is -2.25. The number of hydrogen-bond donors (Lipinski definition) is 3. The molecule has 8 nitrogen and oxygen atoms in total. The van der Waals surface area contributed by atoms with Crippen LogP contribution in [0.1, 0.15) is 29.5 Å². The molecule has 2 unspecified atom stereocenters. The van der Waals surface area contributed by atoms with Gasteiger partial charge in [-0.25, -0.2) is 4.79 Å². The van der Waals surface area contributed by atoms with Crippen LogP contribution in [0.15, 0.2) is 78.9 Å². The van der Waals surface area contributed by atoms with Crippen molar-refractivity contribution in [3.63, 3.8) is 0 Å². The number of alkyl carbamates (subject to hydrolysis) is 1. The van der Waals surface area contributed by atoms with Gasteiger partial charge in [-0.3, -0.25) is 14.5 Å². The average Bonchev–Trinajstić information content (AvgIpc) is 3.21. The number of carboxylic acid groups (broad SMARTS) is 1. The molecular weight excluding hydrogens is 470 g/mol. The van der Waals surface area contributed by atoms with Crippen LogP contribution in [0.2, 0.25) is 0 Å². The van der Waals surface area contributed by atoms with Crippen molar-refractivity contribution in [2.75, 3.05) is 20.2 Å². The van der Waals surface area contributed by atoms with Gasteiger partial charge in [-0.15, -0.1) is 0 Å². The van der Waals surface area contributed by atoms with Gasteiger partial charge in [-0.2, -0.15) is 0 Å². The standard InChI is InChI=1S/C29H31N3O5/c1-19(28(34)35)30-27(33)26(17-32(2)16-20-10-4-3-5-11-20)31-29(36)37-18-25-23-14-8-6-12-21(23)22-13-7-9-15-24(22)25/h3-15,19,25-26H,16-18H2,1-2H3,(H,30,33)(H,31,36)(H,34,35).